The van der Waals surface area contributed by atoms with Crippen molar-refractivity contribution >= 4 is 6.09 Å². The van der Waals surface area contributed by atoms with Crippen LogP contribution in [0.2, 0.25) is 0 Å². The van der Waals surface area contributed by atoms with Crippen molar-refractivity contribution in [2.75, 3.05) is 19.7 Å². The third kappa shape index (κ3) is 5.54. The molecular weight excluding hydrogens is 498 g/mol. The van der Waals surface area contributed by atoms with Crippen molar-refractivity contribution in [2.45, 2.75) is 50.7 Å². The molecule has 6 nitrogen and oxygen atoms in total. The number of rotatable bonds is 7. The number of carbonyl (C=O) groups is 1. The van der Waals surface area contributed by atoms with Crippen LogP contribution in [0.3, 0.4) is 0 Å². The fourth-order valence-electron chi connectivity index (χ4n) is 5.99. The van der Waals surface area contributed by atoms with Gasteiger partial charge in [0.2, 0.25) is 0 Å². The predicted molar refractivity (Wildman–Crippen MR) is 157 cm³/mol. The van der Waals surface area contributed by atoms with Crippen LogP contribution in [0.25, 0.3) is 0 Å². The Morgan fingerprint density at radius 1 is 0.875 bits per heavy atom. The Kier molecular flexibility index (Phi) is 8.08. The SMILES string of the molecule is CC(C)(C)OC(=O)N1CCC(C(CO)c2cn(C(c3ccccc3)(c3ccccc3)c3ccccc3)cn2)CC1. The van der Waals surface area contributed by atoms with E-state index in [2.05, 4.69) is 83.6 Å². The third-order valence-electron chi connectivity index (χ3n) is 7.90. The van der Waals surface area contributed by atoms with Gasteiger partial charge >= 0.3 is 6.09 Å². The molecular formula is C34H39N3O3. The molecule has 40 heavy (non-hydrogen) atoms. The monoisotopic (exact) mass is 537 g/mol. The van der Waals surface area contributed by atoms with Crippen LogP contribution in [-0.2, 0) is 10.3 Å². The van der Waals surface area contributed by atoms with Gasteiger partial charge in [0.05, 0.1) is 18.6 Å². The lowest BCUT2D eigenvalue weighted by molar-refractivity contribution is 0.0164. The number of aliphatic hydroxyl groups excluding tert-OH is 1. The Morgan fingerprint density at radius 2 is 1.35 bits per heavy atom. The van der Waals surface area contributed by atoms with Crippen molar-refractivity contribution in [3.05, 3.63) is 126 Å². The van der Waals surface area contributed by atoms with Crippen LogP contribution >= 0.6 is 0 Å². The summed E-state index contributed by atoms with van der Waals surface area (Å²) in [6, 6.07) is 31.5. The van der Waals surface area contributed by atoms with Crippen molar-refractivity contribution in [3.63, 3.8) is 0 Å². The number of nitrogens with zero attached hydrogens (tertiary/aromatic N) is 3. The van der Waals surface area contributed by atoms with Gasteiger partial charge in [-0.05, 0) is 56.2 Å². The molecule has 2 heterocycles. The fraction of sp³-hybridized carbons (Fsp3) is 0.353. The van der Waals surface area contributed by atoms with E-state index in [9.17, 15) is 9.90 Å². The van der Waals surface area contributed by atoms with Gasteiger partial charge in [-0.15, -0.1) is 0 Å². The van der Waals surface area contributed by atoms with Crippen LogP contribution in [0, 0.1) is 5.92 Å². The quantitative estimate of drug-likeness (QED) is 0.275. The second kappa shape index (κ2) is 11.7. The molecule has 6 heteroatoms. The number of imidazole rings is 1. The maximum atomic E-state index is 12.6. The van der Waals surface area contributed by atoms with E-state index in [4.69, 9.17) is 9.72 Å². The standard InChI is InChI=1S/C34H39N3O3/c1-33(2,3)40-32(39)36-21-19-26(20-22-36)30(24-38)31-23-37(25-35-31)34(27-13-7-4-8-14-27,28-15-9-5-10-16-28)29-17-11-6-12-18-29/h4-18,23,25-26,30,38H,19-22,24H2,1-3H3. The maximum absolute atomic E-state index is 12.6. The Hall–Kier alpha value is -3.90. The lowest BCUT2D eigenvalue weighted by Gasteiger charge is -2.37. The molecule has 5 rings (SSSR count). The highest BCUT2D eigenvalue weighted by Gasteiger charge is 2.39. The highest BCUT2D eigenvalue weighted by atomic mass is 16.6. The van der Waals surface area contributed by atoms with Gasteiger partial charge in [-0.25, -0.2) is 9.78 Å². The first-order valence-electron chi connectivity index (χ1n) is 14.1. The zero-order valence-corrected chi connectivity index (χ0v) is 23.6. The van der Waals surface area contributed by atoms with Crippen LogP contribution in [0.4, 0.5) is 4.79 Å². The topological polar surface area (TPSA) is 67.6 Å². The van der Waals surface area contributed by atoms with Crippen LogP contribution in [0.15, 0.2) is 104 Å². The minimum absolute atomic E-state index is 0.00310. The average Bonchev–Trinajstić information content (AvgIpc) is 3.45. The molecule has 0 radical (unpaired) electrons. The van der Waals surface area contributed by atoms with Crippen LogP contribution in [0.1, 0.15) is 61.9 Å². The van der Waals surface area contributed by atoms with E-state index in [0.717, 1.165) is 35.2 Å². The van der Waals surface area contributed by atoms with Crippen LogP contribution in [0.5, 0.6) is 0 Å². The summed E-state index contributed by atoms with van der Waals surface area (Å²) in [4.78, 5) is 19.3. The van der Waals surface area contributed by atoms with Gasteiger partial charge in [0.25, 0.3) is 0 Å². The van der Waals surface area contributed by atoms with E-state index in [-0.39, 0.29) is 24.5 Å². The minimum Gasteiger partial charge on any atom is -0.444 e. The largest absolute Gasteiger partial charge is 0.444 e. The summed E-state index contributed by atoms with van der Waals surface area (Å²) in [5, 5.41) is 10.6. The summed E-state index contributed by atoms with van der Waals surface area (Å²) in [6.07, 6.45) is 5.32. The van der Waals surface area contributed by atoms with Gasteiger partial charge in [-0.2, -0.15) is 0 Å². The van der Waals surface area contributed by atoms with Crippen molar-refractivity contribution < 1.29 is 14.6 Å². The van der Waals surface area contributed by atoms with Gasteiger partial charge in [0, 0.05) is 25.2 Å². The van der Waals surface area contributed by atoms with Crippen molar-refractivity contribution in [2.24, 2.45) is 5.92 Å². The van der Waals surface area contributed by atoms with E-state index in [0.29, 0.717) is 13.1 Å². The van der Waals surface area contributed by atoms with Gasteiger partial charge in [0.15, 0.2) is 0 Å². The molecule has 1 fully saturated rings. The number of likely N-dealkylation sites (tertiary alicyclic amines) is 1. The van der Waals surface area contributed by atoms with Gasteiger partial charge in [-0.3, -0.25) is 0 Å². The Morgan fingerprint density at radius 3 is 1.77 bits per heavy atom. The Labute approximate surface area is 237 Å². The Bertz CT molecular complexity index is 1280. The second-order valence-corrected chi connectivity index (χ2v) is 11.6. The summed E-state index contributed by atoms with van der Waals surface area (Å²) in [5.41, 5.74) is 3.09. The predicted octanol–water partition coefficient (Wildman–Crippen LogP) is 6.45. The van der Waals surface area contributed by atoms with E-state index >= 15 is 0 Å². The molecule has 1 atom stereocenters. The number of ether oxygens (including phenoxy) is 1. The summed E-state index contributed by atoms with van der Waals surface area (Å²) in [6.45, 7) is 6.88. The highest BCUT2D eigenvalue weighted by molar-refractivity contribution is 5.68. The molecule has 4 aromatic rings. The molecule has 0 spiro atoms. The number of benzene rings is 3. The van der Waals surface area contributed by atoms with E-state index < -0.39 is 11.1 Å². The molecule has 3 aromatic carbocycles. The smallest absolute Gasteiger partial charge is 0.410 e. The highest BCUT2D eigenvalue weighted by Crippen LogP contribution is 2.42. The van der Waals surface area contributed by atoms with E-state index in [1.807, 2.05) is 45.3 Å². The number of aliphatic hydroxyl groups is 1. The molecule has 208 valence electrons. The first kappa shape index (κ1) is 27.7. The second-order valence-electron chi connectivity index (χ2n) is 11.6. The molecule has 0 saturated carbocycles. The van der Waals surface area contributed by atoms with Gasteiger partial charge in [0.1, 0.15) is 11.1 Å². The summed E-state index contributed by atoms with van der Waals surface area (Å²) >= 11 is 0. The average molecular weight is 538 g/mol. The first-order chi connectivity index (χ1) is 19.3. The van der Waals surface area contributed by atoms with Gasteiger partial charge < -0.3 is 19.3 Å². The molecule has 0 aliphatic carbocycles. The Balaban J connectivity index is 1.50. The van der Waals surface area contributed by atoms with Crippen molar-refractivity contribution in [3.8, 4) is 0 Å². The maximum Gasteiger partial charge on any atom is 0.410 e. The zero-order chi connectivity index (χ0) is 28.2. The summed E-state index contributed by atoms with van der Waals surface area (Å²) in [7, 11) is 0. The number of hydrogen-bond donors (Lipinski definition) is 1. The summed E-state index contributed by atoms with van der Waals surface area (Å²) in [5.74, 6) is 0.0914. The minimum atomic E-state index is -0.644. The van der Waals surface area contributed by atoms with Crippen molar-refractivity contribution in [1.82, 2.24) is 14.5 Å². The number of carbonyl (C=O) groups excluding carboxylic acids is 1. The molecule has 1 saturated heterocycles. The van der Waals surface area contributed by atoms with E-state index in [1.165, 1.54) is 0 Å². The molecule has 1 N–H and O–H groups in total. The lowest BCUT2D eigenvalue weighted by Crippen LogP contribution is -2.43. The van der Waals surface area contributed by atoms with E-state index in [1.54, 1.807) is 4.90 Å². The molecule has 1 aromatic heterocycles. The van der Waals surface area contributed by atoms with Crippen LogP contribution in [-0.4, -0.2) is 50.9 Å². The molecule has 0 bridgehead atoms. The van der Waals surface area contributed by atoms with Crippen molar-refractivity contribution in [1.29, 1.82) is 0 Å². The normalized spacial score (nSPS) is 15.6. The number of aromatic nitrogens is 2. The number of hydrogen-bond acceptors (Lipinski definition) is 4. The molecule has 1 aliphatic rings. The number of amides is 1. The first-order valence-corrected chi connectivity index (χ1v) is 14.1. The third-order valence-corrected chi connectivity index (χ3v) is 7.90. The molecule has 1 amide bonds. The summed E-state index contributed by atoms with van der Waals surface area (Å²) < 4.78 is 7.77. The molecule has 1 unspecified atom stereocenters. The fourth-order valence-corrected chi connectivity index (χ4v) is 5.99. The zero-order valence-electron chi connectivity index (χ0n) is 23.6. The molecule has 1 aliphatic heterocycles. The lowest BCUT2D eigenvalue weighted by atomic mass is 9.76. The number of piperidine rings is 1. The van der Waals surface area contributed by atoms with Gasteiger partial charge in [-0.1, -0.05) is 91.0 Å². The van der Waals surface area contributed by atoms with Crippen LogP contribution < -0.4 is 0 Å².